The normalized spacial score (nSPS) is 15.4. The van der Waals surface area contributed by atoms with Gasteiger partial charge in [-0.05, 0) is 13.0 Å². The first-order chi connectivity index (χ1) is 6.16. The van der Waals surface area contributed by atoms with Crippen LogP contribution in [0.3, 0.4) is 0 Å². The Bertz CT molecular complexity index is 273. The smallest absolute Gasteiger partial charge is 0.109 e. The topological polar surface area (TPSA) is 29.5 Å². The average molecular weight is 201 g/mol. The fourth-order valence-electron chi connectivity index (χ4n) is 1.29. The van der Waals surface area contributed by atoms with E-state index in [0.29, 0.717) is 5.02 Å². The van der Waals surface area contributed by atoms with Crippen LogP contribution in [0.15, 0.2) is 24.3 Å². The minimum absolute atomic E-state index is 0.353. The zero-order valence-electron chi connectivity index (χ0n) is 7.70. The van der Waals surface area contributed by atoms with Gasteiger partial charge in [-0.3, -0.25) is 0 Å². The lowest BCUT2D eigenvalue weighted by Crippen LogP contribution is -2.16. The van der Waals surface area contributed by atoms with Crippen LogP contribution in [0.2, 0.25) is 5.02 Å². The highest BCUT2D eigenvalue weighted by molar-refractivity contribution is 6.31. The van der Waals surface area contributed by atoms with Gasteiger partial charge in [-0.2, -0.15) is 0 Å². The van der Waals surface area contributed by atoms with Crippen LogP contribution in [0.25, 0.3) is 0 Å². The first kappa shape index (κ1) is 10.5. The SMILES string of the molecule is COC(c1ccccc1Cl)C(C)O. The number of hydrogen-bond donors (Lipinski definition) is 1. The number of benzene rings is 1. The zero-order valence-corrected chi connectivity index (χ0v) is 8.45. The molecule has 3 heteroatoms. The Kier molecular flexibility index (Phi) is 3.72. The Morgan fingerprint density at radius 1 is 1.38 bits per heavy atom. The molecule has 2 unspecified atom stereocenters. The molecule has 0 fully saturated rings. The van der Waals surface area contributed by atoms with E-state index < -0.39 is 6.10 Å². The van der Waals surface area contributed by atoms with E-state index in [4.69, 9.17) is 16.3 Å². The van der Waals surface area contributed by atoms with Crippen LogP contribution in [0, 0.1) is 0 Å². The first-order valence-electron chi connectivity index (χ1n) is 4.12. The molecule has 13 heavy (non-hydrogen) atoms. The van der Waals surface area contributed by atoms with Gasteiger partial charge in [0.25, 0.3) is 0 Å². The maximum absolute atomic E-state index is 9.41. The van der Waals surface area contributed by atoms with Crippen molar-refractivity contribution in [2.75, 3.05) is 7.11 Å². The highest BCUT2D eigenvalue weighted by atomic mass is 35.5. The van der Waals surface area contributed by atoms with Gasteiger partial charge < -0.3 is 9.84 Å². The van der Waals surface area contributed by atoms with E-state index in [1.165, 1.54) is 0 Å². The molecule has 2 atom stereocenters. The largest absolute Gasteiger partial charge is 0.390 e. The average Bonchev–Trinajstić information content (AvgIpc) is 2.09. The molecule has 0 aliphatic carbocycles. The van der Waals surface area contributed by atoms with Gasteiger partial charge in [-0.25, -0.2) is 0 Å². The lowest BCUT2D eigenvalue weighted by molar-refractivity contribution is -0.00342. The molecule has 72 valence electrons. The number of ether oxygens (including phenoxy) is 1. The minimum atomic E-state index is -0.565. The molecular formula is C10H13ClO2. The van der Waals surface area contributed by atoms with Crippen molar-refractivity contribution in [2.24, 2.45) is 0 Å². The molecule has 1 aromatic rings. The number of halogens is 1. The second kappa shape index (κ2) is 4.61. The van der Waals surface area contributed by atoms with Crippen LogP contribution in [0.1, 0.15) is 18.6 Å². The predicted molar refractivity (Wildman–Crippen MR) is 52.9 cm³/mol. The van der Waals surface area contributed by atoms with Gasteiger partial charge in [0, 0.05) is 17.7 Å². The van der Waals surface area contributed by atoms with Gasteiger partial charge in [-0.1, -0.05) is 29.8 Å². The quantitative estimate of drug-likeness (QED) is 0.812. The summed E-state index contributed by atoms with van der Waals surface area (Å²) in [5.74, 6) is 0. The molecule has 0 aromatic heterocycles. The molecular weight excluding hydrogens is 188 g/mol. The van der Waals surface area contributed by atoms with Gasteiger partial charge in [0.1, 0.15) is 6.10 Å². The zero-order chi connectivity index (χ0) is 9.84. The molecule has 0 aliphatic rings. The number of aliphatic hydroxyl groups excluding tert-OH is 1. The van der Waals surface area contributed by atoms with Crippen molar-refractivity contribution in [2.45, 2.75) is 19.1 Å². The molecule has 0 saturated heterocycles. The standard InChI is InChI=1S/C10H13ClO2/c1-7(12)10(13-2)8-5-3-4-6-9(8)11/h3-7,10,12H,1-2H3. The molecule has 1 aromatic carbocycles. The van der Waals surface area contributed by atoms with Crippen molar-refractivity contribution >= 4 is 11.6 Å². The molecule has 0 spiro atoms. The summed E-state index contributed by atoms with van der Waals surface area (Å²) in [6.45, 7) is 1.68. The summed E-state index contributed by atoms with van der Waals surface area (Å²) in [7, 11) is 1.56. The highest BCUT2D eigenvalue weighted by Gasteiger charge is 2.18. The van der Waals surface area contributed by atoms with Gasteiger partial charge in [0.05, 0.1) is 6.10 Å². The molecule has 0 aliphatic heterocycles. The Balaban J connectivity index is 2.97. The summed E-state index contributed by atoms with van der Waals surface area (Å²) >= 11 is 5.95. The minimum Gasteiger partial charge on any atom is -0.390 e. The second-order valence-electron chi connectivity index (χ2n) is 2.92. The van der Waals surface area contributed by atoms with E-state index in [2.05, 4.69) is 0 Å². The second-order valence-corrected chi connectivity index (χ2v) is 3.33. The summed E-state index contributed by atoms with van der Waals surface area (Å²) in [5.41, 5.74) is 0.821. The lowest BCUT2D eigenvalue weighted by atomic mass is 10.1. The van der Waals surface area contributed by atoms with Crippen LogP contribution >= 0.6 is 11.6 Å². The number of hydrogen-bond acceptors (Lipinski definition) is 2. The lowest BCUT2D eigenvalue weighted by Gasteiger charge is -2.19. The van der Waals surface area contributed by atoms with E-state index in [1.54, 1.807) is 20.1 Å². The third kappa shape index (κ3) is 2.44. The third-order valence-electron chi connectivity index (χ3n) is 1.90. The monoisotopic (exact) mass is 200 g/mol. The number of methoxy groups -OCH3 is 1. The maximum atomic E-state index is 9.41. The highest BCUT2D eigenvalue weighted by Crippen LogP contribution is 2.27. The molecule has 1 N–H and O–H groups in total. The van der Waals surface area contributed by atoms with Crippen molar-refractivity contribution in [3.63, 3.8) is 0 Å². The summed E-state index contributed by atoms with van der Waals surface area (Å²) in [6, 6.07) is 7.35. The fraction of sp³-hybridized carbons (Fsp3) is 0.400. The first-order valence-corrected chi connectivity index (χ1v) is 4.50. The molecule has 0 bridgehead atoms. The van der Waals surface area contributed by atoms with Gasteiger partial charge in [-0.15, -0.1) is 0 Å². The van der Waals surface area contributed by atoms with E-state index in [9.17, 15) is 5.11 Å². The number of aliphatic hydroxyl groups is 1. The fourth-order valence-corrected chi connectivity index (χ4v) is 1.53. The summed E-state index contributed by atoms with van der Waals surface area (Å²) in [4.78, 5) is 0. The van der Waals surface area contributed by atoms with Crippen molar-refractivity contribution in [3.05, 3.63) is 34.9 Å². The molecule has 0 amide bonds. The van der Waals surface area contributed by atoms with Crippen molar-refractivity contribution in [3.8, 4) is 0 Å². The van der Waals surface area contributed by atoms with Crippen LogP contribution in [0.4, 0.5) is 0 Å². The molecule has 1 rings (SSSR count). The summed E-state index contributed by atoms with van der Waals surface area (Å²) < 4.78 is 5.14. The molecule has 0 saturated carbocycles. The van der Waals surface area contributed by atoms with E-state index in [1.807, 2.05) is 18.2 Å². The van der Waals surface area contributed by atoms with Gasteiger partial charge >= 0.3 is 0 Å². The third-order valence-corrected chi connectivity index (χ3v) is 2.25. The maximum Gasteiger partial charge on any atom is 0.109 e. The molecule has 0 radical (unpaired) electrons. The van der Waals surface area contributed by atoms with Crippen molar-refractivity contribution in [1.82, 2.24) is 0 Å². The van der Waals surface area contributed by atoms with Crippen LogP contribution < -0.4 is 0 Å². The summed E-state index contributed by atoms with van der Waals surface area (Å²) in [6.07, 6.45) is -0.918. The summed E-state index contributed by atoms with van der Waals surface area (Å²) in [5, 5.41) is 10.0. The Hall–Kier alpha value is -0.570. The Morgan fingerprint density at radius 3 is 2.46 bits per heavy atom. The van der Waals surface area contributed by atoms with Crippen molar-refractivity contribution in [1.29, 1.82) is 0 Å². The van der Waals surface area contributed by atoms with Crippen LogP contribution in [-0.2, 0) is 4.74 Å². The van der Waals surface area contributed by atoms with E-state index >= 15 is 0 Å². The van der Waals surface area contributed by atoms with Crippen LogP contribution in [0.5, 0.6) is 0 Å². The van der Waals surface area contributed by atoms with E-state index in [-0.39, 0.29) is 6.10 Å². The van der Waals surface area contributed by atoms with Crippen LogP contribution in [-0.4, -0.2) is 18.3 Å². The molecule has 2 nitrogen and oxygen atoms in total. The van der Waals surface area contributed by atoms with Gasteiger partial charge in [0.2, 0.25) is 0 Å². The van der Waals surface area contributed by atoms with Gasteiger partial charge in [0.15, 0.2) is 0 Å². The predicted octanol–water partition coefficient (Wildman–Crippen LogP) is 2.41. The van der Waals surface area contributed by atoms with Crippen molar-refractivity contribution < 1.29 is 9.84 Å². The Labute approximate surface area is 83.1 Å². The van der Waals surface area contributed by atoms with E-state index in [0.717, 1.165) is 5.56 Å². The molecule has 0 heterocycles. The Morgan fingerprint density at radius 2 is 2.00 bits per heavy atom. The number of rotatable bonds is 3.